The molecule has 0 unspecified atom stereocenters. The summed E-state index contributed by atoms with van der Waals surface area (Å²) in [6, 6.07) is 7.23. The zero-order valence-electron chi connectivity index (χ0n) is 14.1. The third-order valence-corrected chi connectivity index (χ3v) is 4.38. The summed E-state index contributed by atoms with van der Waals surface area (Å²) in [6.07, 6.45) is 1.58. The van der Waals surface area contributed by atoms with Crippen molar-refractivity contribution >= 4 is 11.6 Å². The molecule has 1 aliphatic rings. The maximum Gasteiger partial charge on any atom is 0.223 e. The number of halogens is 1. The van der Waals surface area contributed by atoms with E-state index in [1.165, 1.54) is 0 Å². The van der Waals surface area contributed by atoms with Crippen LogP contribution in [0.4, 0.5) is 0 Å². The Morgan fingerprint density at radius 2 is 2.19 bits per heavy atom. The molecule has 1 aliphatic heterocycles. The molecular formula is C18H17ClN4O3. The Hall–Kier alpha value is -2.64. The van der Waals surface area contributed by atoms with Crippen molar-refractivity contribution in [3.8, 4) is 22.8 Å². The van der Waals surface area contributed by atoms with Crippen LogP contribution >= 0.6 is 11.6 Å². The second kappa shape index (κ2) is 6.93. The lowest BCUT2D eigenvalue weighted by molar-refractivity contribution is 0.211. The first kappa shape index (κ1) is 16.8. The summed E-state index contributed by atoms with van der Waals surface area (Å²) in [5, 5.41) is 14.9. The van der Waals surface area contributed by atoms with Crippen LogP contribution in [-0.4, -0.2) is 38.3 Å². The third kappa shape index (κ3) is 3.49. The van der Waals surface area contributed by atoms with E-state index in [-0.39, 0.29) is 5.75 Å². The number of nitrogens with zero attached hydrogens (tertiary/aromatic N) is 4. The molecule has 0 saturated heterocycles. The van der Waals surface area contributed by atoms with Gasteiger partial charge in [-0.3, -0.25) is 9.88 Å². The summed E-state index contributed by atoms with van der Waals surface area (Å²) >= 11 is 5.91. The molecule has 3 heterocycles. The number of phenols is 1. The Balaban J connectivity index is 1.64. The van der Waals surface area contributed by atoms with Gasteiger partial charge in [0.25, 0.3) is 0 Å². The number of aryl methyl sites for hydroxylation is 1. The number of aromatic nitrogens is 3. The topological polar surface area (TPSA) is 84.5 Å². The molecule has 134 valence electrons. The van der Waals surface area contributed by atoms with Crippen LogP contribution in [0.2, 0.25) is 5.02 Å². The van der Waals surface area contributed by atoms with Crippen LogP contribution < -0.4 is 4.74 Å². The van der Waals surface area contributed by atoms with Crippen LogP contribution in [0, 0.1) is 6.92 Å². The van der Waals surface area contributed by atoms with Crippen molar-refractivity contribution in [2.45, 2.75) is 20.0 Å². The minimum atomic E-state index is 0.103. The summed E-state index contributed by atoms with van der Waals surface area (Å²) in [4.78, 5) is 10.7. The second-order valence-corrected chi connectivity index (χ2v) is 6.57. The van der Waals surface area contributed by atoms with Crippen LogP contribution in [0.3, 0.4) is 0 Å². The highest BCUT2D eigenvalue weighted by molar-refractivity contribution is 6.30. The van der Waals surface area contributed by atoms with Crippen molar-refractivity contribution < 1.29 is 14.4 Å². The van der Waals surface area contributed by atoms with Gasteiger partial charge >= 0.3 is 0 Å². The van der Waals surface area contributed by atoms with E-state index in [0.29, 0.717) is 48.7 Å². The van der Waals surface area contributed by atoms with Crippen LogP contribution in [0.5, 0.6) is 11.5 Å². The molecular weight excluding hydrogens is 356 g/mol. The van der Waals surface area contributed by atoms with Gasteiger partial charge in [0.1, 0.15) is 6.61 Å². The maximum absolute atomic E-state index is 10.4. The normalized spacial score (nSPS) is 14.5. The molecule has 0 atom stereocenters. The summed E-state index contributed by atoms with van der Waals surface area (Å²) in [5.74, 6) is 1.78. The third-order valence-electron chi connectivity index (χ3n) is 4.15. The largest absolute Gasteiger partial charge is 0.504 e. The van der Waals surface area contributed by atoms with E-state index in [2.05, 4.69) is 20.0 Å². The lowest BCUT2D eigenvalue weighted by Gasteiger charge is -2.17. The fraction of sp³-hybridized carbons (Fsp3) is 0.278. The highest BCUT2D eigenvalue weighted by Gasteiger charge is 2.21. The maximum atomic E-state index is 10.4. The van der Waals surface area contributed by atoms with Gasteiger partial charge in [0.05, 0.1) is 17.3 Å². The molecule has 0 fully saturated rings. The fourth-order valence-electron chi connectivity index (χ4n) is 2.99. The predicted octanol–water partition coefficient (Wildman–Crippen LogP) is 3.19. The fourth-order valence-corrected chi connectivity index (χ4v) is 3.10. The number of hydrogen-bond donors (Lipinski definition) is 1. The van der Waals surface area contributed by atoms with E-state index in [9.17, 15) is 5.11 Å². The van der Waals surface area contributed by atoms with Crippen molar-refractivity contribution in [3.63, 3.8) is 0 Å². The van der Waals surface area contributed by atoms with Crippen LogP contribution in [0.15, 0.2) is 35.0 Å². The molecule has 1 aromatic carbocycles. The van der Waals surface area contributed by atoms with Crippen molar-refractivity contribution in [3.05, 3.63) is 52.8 Å². The SMILES string of the molecule is Cc1nc(CN2CCOc3c(O)cc(-c4ccc(Cl)cn4)cc3C2)no1. The minimum absolute atomic E-state index is 0.103. The predicted molar refractivity (Wildman–Crippen MR) is 95.0 cm³/mol. The summed E-state index contributed by atoms with van der Waals surface area (Å²) in [7, 11) is 0. The number of rotatable bonds is 3. The molecule has 0 amide bonds. The highest BCUT2D eigenvalue weighted by Crippen LogP contribution is 2.37. The zero-order valence-corrected chi connectivity index (χ0v) is 14.9. The quantitative estimate of drug-likeness (QED) is 0.755. The van der Waals surface area contributed by atoms with Gasteiger partial charge in [-0.05, 0) is 24.3 Å². The Bertz CT molecular complexity index is 927. The second-order valence-electron chi connectivity index (χ2n) is 6.13. The van der Waals surface area contributed by atoms with Crippen LogP contribution in [0.1, 0.15) is 17.3 Å². The van der Waals surface area contributed by atoms with Gasteiger partial charge in [-0.2, -0.15) is 4.98 Å². The molecule has 0 saturated carbocycles. The van der Waals surface area contributed by atoms with Gasteiger partial charge < -0.3 is 14.4 Å². The molecule has 7 nitrogen and oxygen atoms in total. The summed E-state index contributed by atoms with van der Waals surface area (Å²) < 4.78 is 10.8. The molecule has 2 aromatic heterocycles. The smallest absolute Gasteiger partial charge is 0.223 e. The van der Waals surface area contributed by atoms with Crippen LogP contribution in [-0.2, 0) is 13.1 Å². The first-order chi connectivity index (χ1) is 12.6. The van der Waals surface area contributed by atoms with Gasteiger partial charge in [0.15, 0.2) is 17.3 Å². The number of fused-ring (bicyclic) bond motifs is 1. The first-order valence-corrected chi connectivity index (χ1v) is 8.58. The Morgan fingerprint density at radius 3 is 2.92 bits per heavy atom. The number of pyridine rings is 1. The van der Waals surface area contributed by atoms with Crippen molar-refractivity contribution in [1.82, 2.24) is 20.0 Å². The molecule has 26 heavy (non-hydrogen) atoms. The Morgan fingerprint density at radius 1 is 1.31 bits per heavy atom. The van der Waals surface area contributed by atoms with Gasteiger partial charge in [-0.15, -0.1) is 0 Å². The number of hydrogen-bond acceptors (Lipinski definition) is 7. The van der Waals surface area contributed by atoms with Gasteiger partial charge in [0.2, 0.25) is 5.89 Å². The van der Waals surface area contributed by atoms with E-state index in [1.54, 1.807) is 25.3 Å². The van der Waals surface area contributed by atoms with E-state index in [0.717, 1.165) is 16.8 Å². The lowest BCUT2D eigenvalue weighted by Crippen LogP contribution is -2.25. The zero-order chi connectivity index (χ0) is 18.1. The van der Waals surface area contributed by atoms with Gasteiger partial charge in [-0.1, -0.05) is 16.8 Å². The molecule has 4 rings (SSSR count). The Kier molecular flexibility index (Phi) is 4.48. The standard InChI is InChI=1S/C18H17ClN4O3/c1-11-21-17(22-26-11)10-23-4-5-25-18-13(9-23)6-12(7-16(18)24)15-3-2-14(19)8-20-15/h2-3,6-8,24H,4-5,9-10H2,1H3. The molecule has 8 heteroatoms. The number of phenolic OH excluding ortho intramolecular Hbond substituents is 1. The Labute approximate surface area is 155 Å². The number of ether oxygens (including phenoxy) is 1. The van der Waals surface area contributed by atoms with Crippen molar-refractivity contribution in [2.75, 3.05) is 13.2 Å². The van der Waals surface area contributed by atoms with Gasteiger partial charge in [-0.25, -0.2) is 0 Å². The lowest BCUT2D eigenvalue weighted by atomic mass is 10.0. The van der Waals surface area contributed by atoms with E-state index >= 15 is 0 Å². The average Bonchev–Trinajstić information content (AvgIpc) is 2.90. The van der Waals surface area contributed by atoms with Crippen molar-refractivity contribution in [2.24, 2.45) is 0 Å². The molecule has 0 bridgehead atoms. The number of benzene rings is 1. The van der Waals surface area contributed by atoms with E-state index < -0.39 is 0 Å². The highest BCUT2D eigenvalue weighted by atomic mass is 35.5. The van der Waals surface area contributed by atoms with E-state index in [4.69, 9.17) is 20.9 Å². The molecule has 3 aromatic rings. The minimum Gasteiger partial charge on any atom is -0.504 e. The van der Waals surface area contributed by atoms with E-state index in [1.807, 2.05) is 12.1 Å². The monoisotopic (exact) mass is 372 g/mol. The molecule has 1 N–H and O–H groups in total. The van der Waals surface area contributed by atoms with Crippen LogP contribution in [0.25, 0.3) is 11.3 Å². The molecule has 0 radical (unpaired) electrons. The number of aromatic hydroxyl groups is 1. The first-order valence-electron chi connectivity index (χ1n) is 8.20. The summed E-state index contributed by atoms with van der Waals surface area (Å²) in [6.45, 7) is 4.06. The molecule has 0 aliphatic carbocycles. The van der Waals surface area contributed by atoms with Crippen molar-refractivity contribution in [1.29, 1.82) is 0 Å². The van der Waals surface area contributed by atoms with Gasteiger partial charge in [0, 0.05) is 37.3 Å². The molecule has 0 spiro atoms. The average molecular weight is 373 g/mol. The summed E-state index contributed by atoms with van der Waals surface area (Å²) in [5.41, 5.74) is 2.42.